The van der Waals surface area contributed by atoms with Crippen molar-refractivity contribution in [3.63, 3.8) is 0 Å². The molecule has 4 rings (SSSR count). The van der Waals surface area contributed by atoms with Gasteiger partial charge < -0.3 is 10.2 Å². The van der Waals surface area contributed by atoms with Gasteiger partial charge in [0.25, 0.3) is 0 Å². The molecule has 1 aromatic carbocycles. The van der Waals surface area contributed by atoms with Gasteiger partial charge in [0.1, 0.15) is 0 Å². The third kappa shape index (κ3) is 3.38. The van der Waals surface area contributed by atoms with Gasteiger partial charge in [0.05, 0.1) is 0 Å². The van der Waals surface area contributed by atoms with E-state index in [1.807, 2.05) is 35.4 Å². The number of amides is 2. The Bertz CT molecular complexity index is 875. The third-order valence-corrected chi connectivity index (χ3v) is 4.41. The van der Waals surface area contributed by atoms with Crippen molar-refractivity contribution in [2.75, 3.05) is 6.54 Å². The normalized spacial score (nSPS) is 13.4. The quantitative estimate of drug-likeness (QED) is 0.801. The summed E-state index contributed by atoms with van der Waals surface area (Å²) in [7, 11) is 0. The highest BCUT2D eigenvalue weighted by atomic mass is 16.2. The smallest absolute Gasteiger partial charge is 0.317 e. The van der Waals surface area contributed by atoms with E-state index >= 15 is 0 Å². The second kappa shape index (κ2) is 6.76. The first-order valence-corrected chi connectivity index (χ1v) is 8.34. The lowest BCUT2D eigenvalue weighted by Gasteiger charge is -2.29. The lowest BCUT2D eigenvalue weighted by atomic mass is 10.0. The van der Waals surface area contributed by atoms with E-state index in [-0.39, 0.29) is 6.03 Å². The Kier molecular flexibility index (Phi) is 4.16. The molecule has 6 nitrogen and oxygen atoms in total. The Morgan fingerprint density at radius 2 is 2.00 bits per heavy atom. The van der Waals surface area contributed by atoms with Crippen LogP contribution < -0.4 is 5.32 Å². The van der Waals surface area contributed by atoms with Crippen LogP contribution in [0.4, 0.5) is 4.79 Å². The van der Waals surface area contributed by atoms with Gasteiger partial charge in [0.15, 0.2) is 5.82 Å². The van der Waals surface area contributed by atoms with Gasteiger partial charge in [-0.3, -0.25) is 0 Å². The number of hydrogen-bond donors (Lipinski definition) is 1. The first kappa shape index (κ1) is 15.4. The van der Waals surface area contributed by atoms with Crippen LogP contribution in [0.1, 0.15) is 16.7 Å². The number of benzene rings is 1. The Labute approximate surface area is 146 Å². The predicted octanol–water partition coefficient (Wildman–Crippen LogP) is 2.54. The number of hydrogen-bond acceptors (Lipinski definition) is 3. The molecule has 3 aromatic rings. The highest BCUT2D eigenvalue weighted by Crippen LogP contribution is 2.18. The summed E-state index contributed by atoms with van der Waals surface area (Å²) < 4.78 is 1.70. The second-order valence-electron chi connectivity index (χ2n) is 6.07. The molecule has 0 atom stereocenters. The van der Waals surface area contributed by atoms with Crippen LogP contribution in [0.5, 0.6) is 0 Å². The van der Waals surface area contributed by atoms with E-state index < -0.39 is 0 Å². The van der Waals surface area contributed by atoms with Crippen molar-refractivity contribution < 1.29 is 4.79 Å². The summed E-state index contributed by atoms with van der Waals surface area (Å²) in [5, 5.41) is 7.18. The molecule has 1 aliphatic heterocycles. The van der Waals surface area contributed by atoms with Crippen LogP contribution in [0.2, 0.25) is 0 Å². The number of urea groups is 1. The zero-order valence-corrected chi connectivity index (χ0v) is 13.8. The molecular formula is C19H19N5O. The number of pyridine rings is 1. The first-order valence-electron chi connectivity index (χ1n) is 8.34. The van der Waals surface area contributed by atoms with Gasteiger partial charge in [0.2, 0.25) is 0 Å². The van der Waals surface area contributed by atoms with E-state index in [4.69, 9.17) is 0 Å². The van der Waals surface area contributed by atoms with Crippen LogP contribution in [-0.2, 0) is 19.5 Å². The third-order valence-electron chi connectivity index (χ3n) is 4.41. The number of aromatic nitrogens is 3. The molecule has 25 heavy (non-hydrogen) atoms. The van der Waals surface area contributed by atoms with Crippen LogP contribution in [0.25, 0.3) is 5.82 Å². The zero-order valence-electron chi connectivity index (χ0n) is 13.8. The van der Waals surface area contributed by atoms with Crippen LogP contribution in [0.3, 0.4) is 0 Å². The number of carbonyl (C=O) groups excluding carboxylic acids is 1. The van der Waals surface area contributed by atoms with Crippen LogP contribution in [0.15, 0.2) is 61.1 Å². The minimum absolute atomic E-state index is 0.0352. The standard InChI is InChI=1S/C19H19N5O/c25-19(23-11-7-16-4-1-2-5-17(16)14-23)21-13-15-6-9-20-18(12-15)24-10-3-8-22-24/h1-6,8-10,12H,7,11,13-14H2,(H,21,25). The van der Waals surface area contributed by atoms with Crippen LogP contribution in [0, 0.1) is 0 Å². The van der Waals surface area contributed by atoms with E-state index in [1.54, 1.807) is 17.1 Å². The van der Waals surface area contributed by atoms with Crippen molar-refractivity contribution in [3.05, 3.63) is 77.7 Å². The lowest BCUT2D eigenvalue weighted by molar-refractivity contribution is 0.192. The topological polar surface area (TPSA) is 63.1 Å². The van der Waals surface area contributed by atoms with Crippen molar-refractivity contribution in [1.82, 2.24) is 25.0 Å². The molecule has 0 unspecified atom stereocenters. The van der Waals surface area contributed by atoms with Gasteiger partial charge in [0, 0.05) is 38.2 Å². The van der Waals surface area contributed by atoms with Gasteiger partial charge in [-0.15, -0.1) is 0 Å². The van der Waals surface area contributed by atoms with Gasteiger partial charge in [-0.25, -0.2) is 14.5 Å². The van der Waals surface area contributed by atoms with Gasteiger partial charge in [-0.2, -0.15) is 5.10 Å². The fourth-order valence-corrected chi connectivity index (χ4v) is 3.06. The summed E-state index contributed by atoms with van der Waals surface area (Å²) in [6.45, 7) is 1.88. The maximum atomic E-state index is 12.5. The molecule has 1 N–H and O–H groups in total. The molecule has 126 valence electrons. The van der Waals surface area contributed by atoms with Crippen molar-refractivity contribution in [3.8, 4) is 5.82 Å². The molecule has 0 bridgehead atoms. The molecule has 0 saturated carbocycles. The number of carbonyl (C=O) groups is 1. The minimum atomic E-state index is -0.0352. The molecule has 2 amide bonds. The van der Waals surface area contributed by atoms with E-state index in [1.165, 1.54) is 11.1 Å². The largest absolute Gasteiger partial charge is 0.334 e. The second-order valence-corrected chi connectivity index (χ2v) is 6.07. The molecule has 0 spiro atoms. The maximum absolute atomic E-state index is 12.5. The van der Waals surface area contributed by atoms with Gasteiger partial charge in [-0.1, -0.05) is 24.3 Å². The average Bonchev–Trinajstić information content (AvgIpc) is 3.21. The predicted molar refractivity (Wildman–Crippen MR) is 94.2 cm³/mol. The van der Waals surface area contributed by atoms with Crippen LogP contribution >= 0.6 is 0 Å². The van der Waals surface area contributed by atoms with Crippen molar-refractivity contribution in [2.45, 2.75) is 19.5 Å². The monoisotopic (exact) mass is 333 g/mol. The summed E-state index contributed by atoms with van der Waals surface area (Å²) >= 11 is 0. The number of fused-ring (bicyclic) bond motifs is 1. The van der Waals surface area contributed by atoms with Crippen molar-refractivity contribution in [2.24, 2.45) is 0 Å². The Morgan fingerprint density at radius 1 is 1.12 bits per heavy atom. The Balaban J connectivity index is 1.39. The van der Waals surface area contributed by atoms with Crippen molar-refractivity contribution >= 4 is 6.03 Å². The first-order chi connectivity index (χ1) is 12.3. The van der Waals surface area contributed by atoms with E-state index in [0.717, 1.165) is 24.3 Å². The van der Waals surface area contributed by atoms with E-state index in [0.29, 0.717) is 13.1 Å². The molecular weight excluding hydrogens is 314 g/mol. The SMILES string of the molecule is O=C(NCc1ccnc(-n2cccn2)c1)N1CCc2ccccc2C1. The molecule has 0 aliphatic carbocycles. The molecule has 0 radical (unpaired) electrons. The lowest BCUT2D eigenvalue weighted by Crippen LogP contribution is -2.42. The zero-order chi connectivity index (χ0) is 17.1. The number of nitrogens with zero attached hydrogens (tertiary/aromatic N) is 4. The molecule has 0 fully saturated rings. The molecule has 6 heteroatoms. The summed E-state index contributed by atoms with van der Waals surface area (Å²) in [5.74, 6) is 0.739. The highest BCUT2D eigenvalue weighted by Gasteiger charge is 2.19. The van der Waals surface area contributed by atoms with Crippen LogP contribution in [-0.4, -0.2) is 32.2 Å². The summed E-state index contributed by atoms with van der Waals surface area (Å²) in [6, 6.07) is 13.9. The molecule has 2 aromatic heterocycles. The number of rotatable bonds is 3. The molecule has 3 heterocycles. The van der Waals surface area contributed by atoms with Gasteiger partial charge >= 0.3 is 6.03 Å². The minimum Gasteiger partial charge on any atom is -0.334 e. The van der Waals surface area contributed by atoms with E-state index in [2.05, 4.69) is 33.6 Å². The Hall–Kier alpha value is -3.15. The summed E-state index contributed by atoms with van der Waals surface area (Å²) in [5.41, 5.74) is 3.56. The van der Waals surface area contributed by atoms with E-state index in [9.17, 15) is 4.79 Å². The molecule has 0 saturated heterocycles. The average molecular weight is 333 g/mol. The summed E-state index contributed by atoms with van der Waals surface area (Å²) in [4.78, 5) is 18.6. The maximum Gasteiger partial charge on any atom is 0.317 e. The highest BCUT2D eigenvalue weighted by molar-refractivity contribution is 5.74. The number of nitrogens with one attached hydrogen (secondary N) is 1. The Morgan fingerprint density at radius 3 is 2.84 bits per heavy atom. The van der Waals surface area contributed by atoms with Crippen molar-refractivity contribution in [1.29, 1.82) is 0 Å². The van der Waals surface area contributed by atoms with Gasteiger partial charge in [-0.05, 0) is 41.3 Å². The fraction of sp³-hybridized carbons (Fsp3) is 0.211. The molecule has 1 aliphatic rings. The fourth-order valence-electron chi connectivity index (χ4n) is 3.06. The summed E-state index contributed by atoms with van der Waals surface area (Å²) in [6.07, 6.45) is 6.19.